The molecule has 0 radical (unpaired) electrons. The molecule has 0 atom stereocenters. The summed E-state index contributed by atoms with van der Waals surface area (Å²) in [6.45, 7) is 3.34. The molecule has 2 aromatic rings. The average molecular weight is 332 g/mol. The summed E-state index contributed by atoms with van der Waals surface area (Å²) in [5, 5.41) is 0. The van der Waals surface area contributed by atoms with Crippen molar-refractivity contribution in [3.05, 3.63) is 32.7 Å². The van der Waals surface area contributed by atoms with Crippen molar-refractivity contribution in [2.24, 2.45) is 0 Å². The third-order valence-electron chi connectivity index (χ3n) is 4.45. The molecule has 2 aliphatic rings. The highest BCUT2D eigenvalue weighted by atomic mass is 32.1. The first-order valence-electron chi connectivity index (χ1n) is 8.14. The van der Waals surface area contributed by atoms with E-state index >= 15 is 0 Å². The second-order valence-electron chi connectivity index (χ2n) is 6.07. The number of hydrogen-bond acceptors (Lipinski definition) is 5. The van der Waals surface area contributed by atoms with Crippen molar-refractivity contribution < 1.29 is 9.47 Å². The Labute approximate surface area is 138 Å². The molecular formula is C17H20N2O3S. The quantitative estimate of drug-likeness (QED) is 0.938. The number of ether oxygens (including phenoxy) is 2. The van der Waals surface area contributed by atoms with Crippen LogP contribution in [0.1, 0.15) is 30.6 Å². The van der Waals surface area contributed by atoms with Gasteiger partial charge in [-0.05, 0) is 44.1 Å². The van der Waals surface area contributed by atoms with Gasteiger partial charge in [0.2, 0.25) is 6.79 Å². The van der Waals surface area contributed by atoms with Gasteiger partial charge in [-0.15, -0.1) is 0 Å². The summed E-state index contributed by atoms with van der Waals surface area (Å²) in [7, 11) is 0. The number of aromatic nitrogens is 1. The Hall–Kier alpha value is -1.79. The van der Waals surface area contributed by atoms with Crippen LogP contribution in [0.25, 0.3) is 11.3 Å². The fourth-order valence-electron chi connectivity index (χ4n) is 3.25. The van der Waals surface area contributed by atoms with Crippen LogP contribution >= 0.6 is 11.3 Å². The van der Waals surface area contributed by atoms with Crippen LogP contribution < -0.4 is 14.3 Å². The fraction of sp³-hybridized carbons (Fsp3) is 0.471. The van der Waals surface area contributed by atoms with Gasteiger partial charge in [-0.3, -0.25) is 9.69 Å². The summed E-state index contributed by atoms with van der Waals surface area (Å²) in [6.07, 6.45) is 5.13. The van der Waals surface area contributed by atoms with Crippen LogP contribution in [0.4, 0.5) is 0 Å². The zero-order valence-corrected chi connectivity index (χ0v) is 13.8. The second kappa shape index (κ2) is 6.37. The number of nitrogens with zero attached hydrogens (tertiary/aromatic N) is 1. The van der Waals surface area contributed by atoms with E-state index in [1.54, 1.807) is 0 Å². The minimum absolute atomic E-state index is 0.00230. The summed E-state index contributed by atoms with van der Waals surface area (Å²) < 4.78 is 10.8. The molecule has 0 unspecified atom stereocenters. The maximum Gasteiger partial charge on any atom is 0.305 e. The Bertz CT molecular complexity index is 745. The van der Waals surface area contributed by atoms with Crippen molar-refractivity contribution in [1.29, 1.82) is 0 Å². The molecule has 0 aliphatic carbocycles. The summed E-state index contributed by atoms with van der Waals surface area (Å²) >= 11 is 1.32. The van der Waals surface area contributed by atoms with E-state index in [2.05, 4.69) is 9.88 Å². The van der Waals surface area contributed by atoms with Crippen LogP contribution in [0, 0.1) is 0 Å². The summed E-state index contributed by atoms with van der Waals surface area (Å²) in [5.74, 6) is 1.51. The standard InChI is InChI=1S/C17H20N2O3S/c20-17-18-16(12-5-6-13-14(9-12)22-11-21-13)15(23-17)10-19-7-3-1-2-4-8-19/h5-6,9H,1-4,7-8,10-11H2,(H,18,20). The van der Waals surface area contributed by atoms with Gasteiger partial charge in [-0.2, -0.15) is 0 Å². The van der Waals surface area contributed by atoms with Gasteiger partial charge in [0.25, 0.3) is 0 Å². The fourth-order valence-corrected chi connectivity index (χ4v) is 4.15. The SMILES string of the molecule is O=c1[nH]c(-c2ccc3c(c2)OCO3)c(CN2CCCCCC2)s1. The van der Waals surface area contributed by atoms with Crippen LogP contribution in [-0.2, 0) is 6.54 Å². The maximum atomic E-state index is 11.9. The van der Waals surface area contributed by atoms with Crippen LogP contribution in [0.3, 0.4) is 0 Å². The number of benzene rings is 1. The van der Waals surface area contributed by atoms with Crippen molar-refractivity contribution >= 4 is 11.3 Å². The monoisotopic (exact) mass is 332 g/mol. The predicted octanol–water partition coefficient (Wildman–Crippen LogP) is 3.21. The number of fused-ring (bicyclic) bond motifs is 1. The largest absolute Gasteiger partial charge is 0.454 e. The van der Waals surface area contributed by atoms with E-state index in [-0.39, 0.29) is 11.7 Å². The van der Waals surface area contributed by atoms with Crippen molar-refractivity contribution in [1.82, 2.24) is 9.88 Å². The molecule has 1 N–H and O–H groups in total. The summed E-state index contributed by atoms with van der Waals surface area (Å²) in [5.41, 5.74) is 1.90. The van der Waals surface area contributed by atoms with Crippen LogP contribution in [0.2, 0.25) is 0 Å². The Kier molecular flexibility index (Phi) is 4.10. The highest BCUT2D eigenvalue weighted by molar-refractivity contribution is 7.09. The molecule has 0 saturated carbocycles. The van der Waals surface area contributed by atoms with E-state index in [0.29, 0.717) is 0 Å². The minimum Gasteiger partial charge on any atom is -0.454 e. The third kappa shape index (κ3) is 3.14. The van der Waals surface area contributed by atoms with E-state index in [0.717, 1.165) is 47.3 Å². The normalized spacial score (nSPS) is 18.1. The Morgan fingerprint density at radius 2 is 1.87 bits per heavy atom. The molecule has 1 aromatic carbocycles. The summed E-state index contributed by atoms with van der Waals surface area (Å²) in [6, 6.07) is 5.84. The molecular weight excluding hydrogens is 312 g/mol. The van der Waals surface area contributed by atoms with Crippen LogP contribution in [-0.4, -0.2) is 29.8 Å². The number of H-pyrrole nitrogens is 1. The molecule has 1 aromatic heterocycles. The number of rotatable bonds is 3. The Morgan fingerprint density at radius 1 is 1.09 bits per heavy atom. The number of hydrogen-bond donors (Lipinski definition) is 1. The second-order valence-corrected chi connectivity index (χ2v) is 7.14. The topological polar surface area (TPSA) is 54.6 Å². The molecule has 0 amide bonds. The van der Waals surface area contributed by atoms with Crippen LogP contribution in [0.15, 0.2) is 23.0 Å². The lowest BCUT2D eigenvalue weighted by atomic mass is 10.1. The molecule has 6 heteroatoms. The molecule has 4 rings (SSSR count). The van der Waals surface area contributed by atoms with E-state index in [9.17, 15) is 4.79 Å². The van der Waals surface area contributed by atoms with Gasteiger partial charge in [0, 0.05) is 17.0 Å². The van der Waals surface area contributed by atoms with Gasteiger partial charge in [-0.1, -0.05) is 24.2 Å². The highest BCUT2D eigenvalue weighted by Crippen LogP contribution is 2.36. The molecule has 2 aliphatic heterocycles. The van der Waals surface area contributed by atoms with E-state index in [1.807, 2.05) is 18.2 Å². The molecule has 1 fully saturated rings. The number of likely N-dealkylation sites (tertiary alicyclic amines) is 1. The maximum absolute atomic E-state index is 11.9. The Balaban J connectivity index is 1.62. The molecule has 5 nitrogen and oxygen atoms in total. The first-order chi connectivity index (χ1) is 11.3. The molecule has 0 spiro atoms. The van der Waals surface area contributed by atoms with E-state index in [1.165, 1.54) is 37.0 Å². The Morgan fingerprint density at radius 3 is 2.70 bits per heavy atom. The highest BCUT2D eigenvalue weighted by Gasteiger charge is 2.19. The van der Waals surface area contributed by atoms with Gasteiger partial charge >= 0.3 is 4.87 Å². The molecule has 0 bridgehead atoms. The van der Waals surface area contributed by atoms with Crippen molar-refractivity contribution in [3.8, 4) is 22.8 Å². The zero-order chi connectivity index (χ0) is 15.6. The average Bonchev–Trinajstić information content (AvgIpc) is 3.06. The number of aromatic amines is 1. The van der Waals surface area contributed by atoms with Crippen molar-refractivity contribution in [2.45, 2.75) is 32.2 Å². The van der Waals surface area contributed by atoms with Gasteiger partial charge in [-0.25, -0.2) is 0 Å². The molecule has 3 heterocycles. The minimum atomic E-state index is 0.00230. The number of nitrogens with one attached hydrogen (secondary N) is 1. The first kappa shape index (κ1) is 14.8. The van der Waals surface area contributed by atoms with Gasteiger partial charge in [0.1, 0.15) is 0 Å². The smallest absolute Gasteiger partial charge is 0.305 e. The van der Waals surface area contributed by atoms with Gasteiger partial charge in [0.15, 0.2) is 11.5 Å². The zero-order valence-electron chi connectivity index (χ0n) is 13.0. The van der Waals surface area contributed by atoms with Gasteiger partial charge in [0.05, 0.1) is 5.69 Å². The molecule has 122 valence electrons. The number of thiazole rings is 1. The van der Waals surface area contributed by atoms with E-state index in [4.69, 9.17) is 9.47 Å². The lowest BCUT2D eigenvalue weighted by Crippen LogP contribution is -2.23. The first-order valence-corrected chi connectivity index (χ1v) is 8.95. The van der Waals surface area contributed by atoms with Crippen molar-refractivity contribution in [2.75, 3.05) is 19.9 Å². The van der Waals surface area contributed by atoms with Gasteiger partial charge < -0.3 is 14.5 Å². The molecule has 1 saturated heterocycles. The molecule has 23 heavy (non-hydrogen) atoms. The van der Waals surface area contributed by atoms with Crippen LogP contribution in [0.5, 0.6) is 11.5 Å². The van der Waals surface area contributed by atoms with E-state index < -0.39 is 0 Å². The third-order valence-corrected chi connectivity index (χ3v) is 5.32. The lowest BCUT2D eigenvalue weighted by molar-refractivity contribution is 0.174. The predicted molar refractivity (Wildman–Crippen MR) is 90.2 cm³/mol. The lowest BCUT2D eigenvalue weighted by Gasteiger charge is -2.19. The summed E-state index contributed by atoms with van der Waals surface area (Å²) in [4.78, 5) is 18.5. The van der Waals surface area contributed by atoms with Crippen molar-refractivity contribution in [3.63, 3.8) is 0 Å².